The van der Waals surface area contributed by atoms with E-state index in [2.05, 4.69) is 5.32 Å². The van der Waals surface area contributed by atoms with Crippen LogP contribution in [0.25, 0.3) is 0 Å². The lowest BCUT2D eigenvalue weighted by molar-refractivity contribution is 0.0940. The predicted molar refractivity (Wildman–Crippen MR) is 96.6 cm³/mol. The summed E-state index contributed by atoms with van der Waals surface area (Å²) in [6.07, 6.45) is 0.508. The molecule has 0 aliphatic carbocycles. The minimum absolute atomic E-state index is 0.0578. The van der Waals surface area contributed by atoms with Gasteiger partial charge in [0.15, 0.2) is 17.3 Å². The molecule has 0 fully saturated rings. The third-order valence-electron chi connectivity index (χ3n) is 3.93. The summed E-state index contributed by atoms with van der Waals surface area (Å²) in [5.41, 5.74) is 1.98. The van der Waals surface area contributed by atoms with Gasteiger partial charge in [-0.05, 0) is 50.1 Å². The van der Waals surface area contributed by atoms with Crippen molar-refractivity contribution < 1.29 is 19.1 Å². The first-order valence-electron chi connectivity index (χ1n) is 8.08. The first kappa shape index (κ1) is 18.5. The first-order chi connectivity index (χ1) is 12.0. The van der Waals surface area contributed by atoms with Crippen LogP contribution in [0.5, 0.6) is 11.5 Å². The summed E-state index contributed by atoms with van der Waals surface area (Å²) < 4.78 is 10.6. The van der Waals surface area contributed by atoms with Gasteiger partial charge in [0, 0.05) is 17.2 Å². The summed E-state index contributed by atoms with van der Waals surface area (Å²) in [5, 5.41) is 2.95. The Balaban J connectivity index is 2.20. The lowest BCUT2D eigenvalue weighted by Gasteiger charge is -2.18. The Morgan fingerprint density at radius 1 is 1.04 bits per heavy atom. The molecule has 5 heteroatoms. The van der Waals surface area contributed by atoms with Crippen LogP contribution in [-0.2, 0) is 6.42 Å². The van der Waals surface area contributed by atoms with Gasteiger partial charge in [0.25, 0.3) is 5.91 Å². The number of ketones is 1. The molecule has 0 spiro atoms. The Bertz CT molecular complexity index is 756. The molecule has 0 saturated heterocycles. The zero-order valence-electron chi connectivity index (χ0n) is 15.0. The van der Waals surface area contributed by atoms with E-state index in [0.29, 0.717) is 29.0 Å². The van der Waals surface area contributed by atoms with Crippen molar-refractivity contribution >= 4 is 11.7 Å². The molecule has 25 heavy (non-hydrogen) atoms. The maximum atomic E-state index is 12.3. The molecule has 0 aromatic heterocycles. The van der Waals surface area contributed by atoms with Gasteiger partial charge in [-0.3, -0.25) is 9.59 Å². The minimum atomic E-state index is -0.149. The lowest BCUT2D eigenvalue weighted by Crippen LogP contribution is -2.34. The van der Waals surface area contributed by atoms with Gasteiger partial charge in [0.1, 0.15) is 0 Å². The van der Waals surface area contributed by atoms with Crippen molar-refractivity contribution in [1.82, 2.24) is 5.32 Å². The molecule has 0 saturated carbocycles. The van der Waals surface area contributed by atoms with Crippen molar-refractivity contribution in [2.75, 3.05) is 14.2 Å². The zero-order valence-corrected chi connectivity index (χ0v) is 15.0. The van der Waals surface area contributed by atoms with Crippen LogP contribution < -0.4 is 14.8 Å². The van der Waals surface area contributed by atoms with Crippen molar-refractivity contribution in [1.29, 1.82) is 0 Å². The number of carbonyl (C=O) groups is 2. The first-order valence-corrected chi connectivity index (χ1v) is 8.08. The minimum Gasteiger partial charge on any atom is -0.493 e. The quantitative estimate of drug-likeness (QED) is 0.785. The Kier molecular flexibility index (Phi) is 6.17. The number of benzene rings is 2. The van der Waals surface area contributed by atoms with E-state index in [-0.39, 0.29) is 17.7 Å². The number of methoxy groups -OCH3 is 2. The van der Waals surface area contributed by atoms with Crippen molar-refractivity contribution in [3.05, 3.63) is 59.2 Å². The molecule has 0 radical (unpaired) electrons. The second-order valence-corrected chi connectivity index (χ2v) is 5.87. The van der Waals surface area contributed by atoms with Gasteiger partial charge in [-0.2, -0.15) is 0 Å². The second kappa shape index (κ2) is 8.33. The van der Waals surface area contributed by atoms with Crippen LogP contribution >= 0.6 is 0 Å². The van der Waals surface area contributed by atoms with Crippen LogP contribution in [0.1, 0.15) is 40.1 Å². The summed E-state index contributed by atoms with van der Waals surface area (Å²) in [6.45, 7) is 3.42. The summed E-state index contributed by atoms with van der Waals surface area (Å²) in [7, 11) is 3.08. The third kappa shape index (κ3) is 4.59. The molecule has 0 aliphatic heterocycles. The molecule has 1 atom stereocenters. The van der Waals surface area contributed by atoms with E-state index >= 15 is 0 Å². The number of carbonyl (C=O) groups excluding carboxylic acids is 2. The average Bonchev–Trinajstić information content (AvgIpc) is 2.61. The van der Waals surface area contributed by atoms with E-state index in [1.807, 2.05) is 25.1 Å². The van der Waals surface area contributed by atoms with Crippen molar-refractivity contribution in [2.24, 2.45) is 0 Å². The molecule has 2 rings (SSSR count). The maximum absolute atomic E-state index is 12.3. The summed E-state index contributed by atoms with van der Waals surface area (Å²) >= 11 is 0. The number of hydrogen-bond donors (Lipinski definition) is 1. The molecule has 0 aliphatic rings. The predicted octanol–water partition coefficient (Wildman–Crippen LogP) is 3.27. The Morgan fingerprint density at radius 3 is 2.20 bits per heavy atom. The Morgan fingerprint density at radius 2 is 1.64 bits per heavy atom. The lowest BCUT2D eigenvalue weighted by atomic mass is 9.97. The van der Waals surface area contributed by atoms with Gasteiger partial charge in [-0.1, -0.05) is 18.2 Å². The Labute approximate surface area is 148 Å². The average molecular weight is 341 g/mol. The highest BCUT2D eigenvalue weighted by atomic mass is 16.5. The molecule has 5 nitrogen and oxygen atoms in total. The smallest absolute Gasteiger partial charge is 0.251 e. The van der Waals surface area contributed by atoms with E-state index in [9.17, 15) is 9.59 Å². The summed E-state index contributed by atoms with van der Waals surface area (Å²) in [6, 6.07) is 12.4. The van der Waals surface area contributed by atoms with E-state index in [1.165, 1.54) is 14.0 Å². The number of amides is 1. The van der Waals surface area contributed by atoms with E-state index in [1.54, 1.807) is 31.4 Å². The van der Waals surface area contributed by atoms with Gasteiger partial charge < -0.3 is 14.8 Å². The van der Waals surface area contributed by atoms with Gasteiger partial charge in [-0.15, -0.1) is 0 Å². The largest absolute Gasteiger partial charge is 0.493 e. The van der Waals surface area contributed by atoms with Crippen molar-refractivity contribution in [3.8, 4) is 11.5 Å². The van der Waals surface area contributed by atoms with Crippen molar-refractivity contribution in [3.63, 3.8) is 0 Å². The summed E-state index contributed by atoms with van der Waals surface area (Å²) in [5.74, 6) is 0.872. The van der Waals surface area contributed by atoms with Crippen molar-refractivity contribution in [2.45, 2.75) is 26.3 Å². The zero-order chi connectivity index (χ0) is 18.4. The SMILES string of the molecule is COc1cc(CC(C)NC(=O)c2ccccc2)c(C(C)=O)cc1OC. The molecule has 0 bridgehead atoms. The molecule has 1 unspecified atom stereocenters. The van der Waals surface area contributed by atoms with Gasteiger partial charge >= 0.3 is 0 Å². The molecule has 132 valence electrons. The number of rotatable bonds is 7. The molecular weight excluding hydrogens is 318 g/mol. The van der Waals surface area contributed by atoms with E-state index in [4.69, 9.17) is 9.47 Å². The second-order valence-electron chi connectivity index (χ2n) is 5.87. The van der Waals surface area contributed by atoms with Crippen LogP contribution in [0.15, 0.2) is 42.5 Å². The van der Waals surface area contributed by atoms with Gasteiger partial charge in [0.05, 0.1) is 14.2 Å². The fourth-order valence-electron chi connectivity index (χ4n) is 2.70. The molecule has 1 N–H and O–H groups in total. The molecule has 2 aromatic carbocycles. The fraction of sp³-hybridized carbons (Fsp3) is 0.300. The van der Waals surface area contributed by atoms with E-state index in [0.717, 1.165) is 5.56 Å². The fourth-order valence-corrected chi connectivity index (χ4v) is 2.70. The molecule has 1 amide bonds. The maximum Gasteiger partial charge on any atom is 0.251 e. The highest BCUT2D eigenvalue weighted by molar-refractivity contribution is 5.96. The molecule has 2 aromatic rings. The van der Waals surface area contributed by atoms with Gasteiger partial charge in [-0.25, -0.2) is 0 Å². The van der Waals surface area contributed by atoms with Crippen LogP contribution in [0.2, 0.25) is 0 Å². The topological polar surface area (TPSA) is 64.6 Å². The monoisotopic (exact) mass is 341 g/mol. The standard InChI is InChI=1S/C20H23NO4/c1-13(21-20(23)15-8-6-5-7-9-15)10-16-11-18(24-3)19(25-4)12-17(16)14(2)22/h5-9,11-13H,10H2,1-4H3,(H,21,23). The normalized spacial score (nSPS) is 11.5. The number of Topliss-reactive ketones (excluding diaryl/α,β-unsaturated/α-hetero) is 1. The number of nitrogens with one attached hydrogen (secondary N) is 1. The van der Waals surface area contributed by atoms with E-state index < -0.39 is 0 Å². The van der Waals surface area contributed by atoms with Crippen LogP contribution in [0.3, 0.4) is 0 Å². The number of ether oxygens (including phenoxy) is 2. The van der Waals surface area contributed by atoms with Gasteiger partial charge in [0.2, 0.25) is 0 Å². The van der Waals surface area contributed by atoms with Crippen LogP contribution in [-0.4, -0.2) is 32.0 Å². The highest BCUT2D eigenvalue weighted by Gasteiger charge is 2.17. The molecule has 0 heterocycles. The third-order valence-corrected chi connectivity index (χ3v) is 3.93. The molecular formula is C20H23NO4. The Hall–Kier alpha value is -2.82. The van der Waals surface area contributed by atoms with Crippen LogP contribution in [0.4, 0.5) is 0 Å². The summed E-state index contributed by atoms with van der Waals surface area (Å²) in [4.78, 5) is 24.2. The van der Waals surface area contributed by atoms with Crippen LogP contribution in [0, 0.1) is 0 Å². The number of hydrogen-bond acceptors (Lipinski definition) is 4. The highest BCUT2D eigenvalue weighted by Crippen LogP contribution is 2.31.